The van der Waals surface area contributed by atoms with Gasteiger partial charge in [-0.25, -0.2) is 0 Å². The van der Waals surface area contributed by atoms with Crippen molar-refractivity contribution >= 4 is 24.0 Å². The monoisotopic (exact) mass is 191 g/mol. The zero-order valence-corrected chi connectivity index (χ0v) is 8.12. The van der Waals surface area contributed by atoms with Crippen molar-refractivity contribution in [3.8, 4) is 0 Å². The number of aromatic nitrogens is 1. The van der Waals surface area contributed by atoms with E-state index >= 15 is 0 Å². The van der Waals surface area contributed by atoms with Crippen molar-refractivity contribution in [3.63, 3.8) is 0 Å². The lowest BCUT2D eigenvalue weighted by Crippen LogP contribution is -1.90. The number of rotatable bonds is 1. The maximum atomic E-state index is 5.81. The van der Waals surface area contributed by atoms with Gasteiger partial charge in [-0.05, 0) is 26.0 Å². The Balaban J connectivity index is 0.000001000. The van der Waals surface area contributed by atoms with Gasteiger partial charge in [-0.1, -0.05) is 6.07 Å². The van der Waals surface area contributed by atoms with Crippen LogP contribution in [0.4, 0.5) is 0 Å². The van der Waals surface area contributed by atoms with E-state index in [-0.39, 0.29) is 17.8 Å². The molecule has 0 saturated heterocycles. The van der Waals surface area contributed by atoms with E-state index in [9.17, 15) is 0 Å². The molecule has 0 aliphatic heterocycles. The third-order valence-electron chi connectivity index (χ3n) is 1.32. The summed E-state index contributed by atoms with van der Waals surface area (Å²) in [5, 5.41) is 0.0138. The topological polar surface area (TPSA) is 12.9 Å². The van der Waals surface area contributed by atoms with Gasteiger partial charge in [0, 0.05) is 5.69 Å². The van der Waals surface area contributed by atoms with E-state index in [2.05, 4.69) is 4.98 Å². The molecule has 0 N–H and O–H groups in total. The highest BCUT2D eigenvalue weighted by Crippen LogP contribution is 2.16. The smallest absolute Gasteiger partial charge is 0.0729 e. The molecular formula is C8H11Cl2N. The molecule has 1 aromatic heterocycles. The molecule has 0 radical (unpaired) electrons. The molecule has 1 nitrogen and oxygen atoms in total. The first-order chi connectivity index (χ1) is 4.70. The molecule has 1 aromatic rings. The Labute approximate surface area is 78.2 Å². The van der Waals surface area contributed by atoms with Crippen LogP contribution in [0.2, 0.25) is 0 Å². The fourth-order valence-corrected chi connectivity index (χ4v) is 0.907. The van der Waals surface area contributed by atoms with Gasteiger partial charge in [0.05, 0.1) is 11.1 Å². The van der Waals surface area contributed by atoms with Crippen LogP contribution in [0.3, 0.4) is 0 Å². The number of hydrogen-bond donors (Lipinski definition) is 0. The Bertz CT molecular complexity index is 223. The van der Waals surface area contributed by atoms with E-state index < -0.39 is 0 Å². The van der Waals surface area contributed by atoms with Crippen LogP contribution in [-0.2, 0) is 0 Å². The second kappa shape index (κ2) is 4.58. The average Bonchev–Trinajstić information content (AvgIpc) is 1.88. The molecule has 0 amide bonds. The van der Waals surface area contributed by atoms with Crippen LogP contribution in [0.25, 0.3) is 0 Å². The van der Waals surface area contributed by atoms with Crippen molar-refractivity contribution in [1.82, 2.24) is 4.98 Å². The molecule has 0 fully saturated rings. The highest BCUT2D eigenvalue weighted by atomic mass is 35.5. The maximum Gasteiger partial charge on any atom is 0.0729 e. The Hall–Kier alpha value is -0.270. The minimum Gasteiger partial charge on any atom is -0.257 e. The van der Waals surface area contributed by atoms with Crippen molar-refractivity contribution < 1.29 is 0 Å². The minimum atomic E-state index is 0. The summed E-state index contributed by atoms with van der Waals surface area (Å²) in [6.07, 6.45) is 0. The molecule has 1 unspecified atom stereocenters. The molecule has 0 aromatic carbocycles. The summed E-state index contributed by atoms with van der Waals surface area (Å²) in [5.74, 6) is 0. The van der Waals surface area contributed by atoms with Gasteiger partial charge >= 0.3 is 0 Å². The summed E-state index contributed by atoms with van der Waals surface area (Å²) in [5.41, 5.74) is 1.96. The first-order valence-electron chi connectivity index (χ1n) is 3.28. The molecule has 0 aliphatic carbocycles. The van der Waals surface area contributed by atoms with Crippen LogP contribution in [0.1, 0.15) is 23.7 Å². The highest BCUT2D eigenvalue weighted by molar-refractivity contribution is 6.20. The van der Waals surface area contributed by atoms with Crippen LogP contribution >= 0.6 is 24.0 Å². The number of hydrogen-bond acceptors (Lipinski definition) is 1. The number of alkyl halides is 1. The third-order valence-corrected chi connectivity index (χ3v) is 1.54. The van der Waals surface area contributed by atoms with Crippen LogP contribution < -0.4 is 0 Å². The Morgan fingerprint density at radius 1 is 1.45 bits per heavy atom. The van der Waals surface area contributed by atoms with Crippen molar-refractivity contribution in [3.05, 3.63) is 29.6 Å². The zero-order chi connectivity index (χ0) is 7.56. The molecule has 0 aliphatic rings. The summed E-state index contributed by atoms with van der Waals surface area (Å²) in [4.78, 5) is 4.24. The molecule has 3 heteroatoms. The second-order valence-electron chi connectivity index (χ2n) is 2.32. The maximum absolute atomic E-state index is 5.81. The Kier molecular flexibility index (Phi) is 4.46. The molecule has 0 bridgehead atoms. The minimum absolute atomic E-state index is 0. The van der Waals surface area contributed by atoms with E-state index in [0.717, 1.165) is 11.4 Å². The quantitative estimate of drug-likeness (QED) is 0.623. The summed E-state index contributed by atoms with van der Waals surface area (Å²) < 4.78 is 0. The van der Waals surface area contributed by atoms with E-state index in [1.165, 1.54) is 0 Å². The second-order valence-corrected chi connectivity index (χ2v) is 2.97. The first-order valence-corrected chi connectivity index (χ1v) is 3.71. The highest BCUT2D eigenvalue weighted by Gasteiger charge is 2.00. The van der Waals surface area contributed by atoms with Crippen molar-refractivity contribution in [1.29, 1.82) is 0 Å². The SMILES string of the molecule is Cc1cccc(C(C)Cl)n1.Cl. The Morgan fingerprint density at radius 2 is 2.09 bits per heavy atom. The van der Waals surface area contributed by atoms with Gasteiger partial charge in [-0.2, -0.15) is 0 Å². The molecule has 1 atom stereocenters. The summed E-state index contributed by atoms with van der Waals surface area (Å²) in [6.45, 7) is 3.88. The number of nitrogens with zero attached hydrogens (tertiary/aromatic N) is 1. The predicted molar refractivity (Wildman–Crippen MR) is 50.5 cm³/mol. The van der Waals surface area contributed by atoms with Gasteiger partial charge < -0.3 is 0 Å². The fourth-order valence-electron chi connectivity index (χ4n) is 0.786. The number of pyridine rings is 1. The van der Waals surface area contributed by atoms with Gasteiger partial charge in [0.15, 0.2) is 0 Å². The molecule has 0 saturated carbocycles. The van der Waals surface area contributed by atoms with Crippen LogP contribution in [0, 0.1) is 6.92 Å². The molecule has 0 spiro atoms. The van der Waals surface area contributed by atoms with Gasteiger partial charge in [0.2, 0.25) is 0 Å². The first kappa shape index (κ1) is 10.7. The number of halogens is 2. The van der Waals surface area contributed by atoms with Gasteiger partial charge in [0.1, 0.15) is 0 Å². The number of aryl methyl sites for hydroxylation is 1. The average molecular weight is 192 g/mol. The molecule has 62 valence electrons. The lowest BCUT2D eigenvalue weighted by molar-refractivity contribution is 0.973. The van der Waals surface area contributed by atoms with Crippen molar-refractivity contribution in [2.45, 2.75) is 19.2 Å². The van der Waals surface area contributed by atoms with E-state index in [1.807, 2.05) is 32.0 Å². The van der Waals surface area contributed by atoms with E-state index in [0.29, 0.717) is 0 Å². The van der Waals surface area contributed by atoms with E-state index in [4.69, 9.17) is 11.6 Å². The van der Waals surface area contributed by atoms with Crippen molar-refractivity contribution in [2.75, 3.05) is 0 Å². The van der Waals surface area contributed by atoms with Crippen molar-refractivity contribution in [2.24, 2.45) is 0 Å². The lowest BCUT2D eigenvalue weighted by atomic mass is 10.2. The van der Waals surface area contributed by atoms with Gasteiger partial charge in [-0.3, -0.25) is 4.98 Å². The Morgan fingerprint density at radius 3 is 2.45 bits per heavy atom. The van der Waals surface area contributed by atoms with Gasteiger partial charge in [0.25, 0.3) is 0 Å². The normalized spacial score (nSPS) is 11.9. The predicted octanol–water partition coefficient (Wildman–Crippen LogP) is 3.11. The van der Waals surface area contributed by atoms with Gasteiger partial charge in [-0.15, -0.1) is 24.0 Å². The third kappa shape index (κ3) is 3.08. The fraction of sp³-hybridized carbons (Fsp3) is 0.375. The summed E-state index contributed by atoms with van der Waals surface area (Å²) in [7, 11) is 0. The largest absolute Gasteiger partial charge is 0.257 e. The standard InChI is InChI=1S/C8H10ClN.ClH/c1-6-4-3-5-8(10-6)7(2)9;/h3-5,7H,1-2H3;1H. The molecule has 11 heavy (non-hydrogen) atoms. The molecule has 1 rings (SSSR count). The molecular weight excluding hydrogens is 181 g/mol. The molecule has 1 heterocycles. The lowest BCUT2D eigenvalue weighted by Gasteiger charge is -2.01. The zero-order valence-electron chi connectivity index (χ0n) is 6.54. The van der Waals surface area contributed by atoms with Crippen LogP contribution in [-0.4, -0.2) is 4.98 Å². The summed E-state index contributed by atoms with van der Waals surface area (Å²) >= 11 is 5.81. The van der Waals surface area contributed by atoms with E-state index in [1.54, 1.807) is 0 Å². The van der Waals surface area contributed by atoms with Crippen LogP contribution in [0.5, 0.6) is 0 Å². The summed E-state index contributed by atoms with van der Waals surface area (Å²) in [6, 6.07) is 5.87. The van der Waals surface area contributed by atoms with Crippen LogP contribution in [0.15, 0.2) is 18.2 Å².